The molecule has 0 aliphatic heterocycles. The van der Waals surface area contributed by atoms with Gasteiger partial charge in [0.2, 0.25) is 5.95 Å². The standard InChI is InChI=1S/C29H36N8O2/c1-7-30-27(38)20-11-9-19(10-12-20)22-16-31-28(35-25(22)32-17-29(3,4)5)34-23-14-13-21(15-24(23)39-8-2)26-36-33-18-37(26)6/h9-16,18H,7-8,17H2,1-6H3,(H,30,38)(H2,31,32,34,35). The Hall–Kier alpha value is -4.47. The number of ether oxygens (including phenoxy) is 1. The minimum absolute atomic E-state index is 0.0374. The Labute approximate surface area is 229 Å². The highest BCUT2D eigenvalue weighted by molar-refractivity contribution is 5.94. The molecule has 0 radical (unpaired) electrons. The van der Waals surface area contributed by atoms with Crippen LogP contribution in [0.25, 0.3) is 22.5 Å². The summed E-state index contributed by atoms with van der Waals surface area (Å²) in [6.45, 7) is 12.1. The van der Waals surface area contributed by atoms with Crippen molar-refractivity contribution in [2.24, 2.45) is 12.5 Å². The van der Waals surface area contributed by atoms with Gasteiger partial charge in [-0.2, -0.15) is 4.98 Å². The molecule has 204 valence electrons. The number of hydrogen-bond acceptors (Lipinski definition) is 8. The molecule has 0 bridgehead atoms. The molecule has 10 nitrogen and oxygen atoms in total. The van der Waals surface area contributed by atoms with E-state index in [2.05, 4.69) is 51.9 Å². The van der Waals surface area contributed by atoms with E-state index in [0.29, 0.717) is 42.8 Å². The lowest BCUT2D eigenvalue weighted by Gasteiger charge is -2.21. The first-order valence-electron chi connectivity index (χ1n) is 13.1. The summed E-state index contributed by atoms with van der Waals surface area (Å²) in [7, 11) is 1.90. The molecule has 0 aliphatic rings. The lowest BCUT2D eigenvalue weighted by molar-refractivity contribution is 0.0956. The van der Waals surface area contributed by atoms with Gasteiger partial charge < -0.3 is 25.3 Å². The van der Waals surface area contributed by atoms with E-state index in [-0.39, 0.29) is 11.3 Å². The van der Waals surface area contributed by atoms with Crippen LogP contribution in [0.1, 0.15) is 45.0 Å². The zero-order valence-corrected chi connectivity index (χ0v) is 23.4. The molecule has 0 spiro atoms. The number of hydrogen-bond donors (Lipinski definition) is 3. The van der Waals surface area contributed by atoms with E-state index in [1.54, 1.807) is 12.5 Å². The summed E-state index contributed by atoms with van der Waals surface area (Å²) in [6.07, 6.45) is 3.45. The maximum atomic E-state index is 12.2. The van der Waals surface area contributed by atoms with Crippen LogP contribution in [0.3, 0.4) is 0 Å². The number of anilines is 3. The molecule has 4 aromatic rings. The summed E-state index contributed by atoms with van der Waals surface area (Å²) in [5, 5.41) is 17.8. The second kappa shape index (κ2) is 11.9. The van der Waals surface area contributed by atoms with Crippen molar-refractivity contribution < 1.29 is 9.53 Å². The number of rotatable bonds is 10. The highest BCUT2D eigenvalue weighted by atomic mass is 16.5. The van der Waals surface area contributed by atoms with Gasteiger partial charge in [-0.25, -0.2) is 4.98 Å². The topological polar surface area (TPSA) is 119 Å². The van der Waals surface area contributed by atoms with Gasteiger partial charge in [0.05, 0.1) is 12.3 Å². The summed E-state index contributed by atoms with van der Waals surface area (Å²) in [5.74, 6) is 2.44. The summed E-state index contributed by atoms with van der Waals surface area (Å²) in [5.41, 5.74) is 4.03. The van der Waals surface area contributed by atoms with Gasteiger partial charge in [-0.15, -0.1) is 10.2 Å². The van der Waals surface area contributed by atoms with Crippen LogP contribution in [0.4, 0.5) is 17.5 Å². The third kappa shape index (κ3) is 6.90. The number of aromatic nitrogens is 5. The average Bonchev–Trinajstić information content (AvgIpc) is 3.34. The van der Waals surface area contributed by atoms with E-state index in [4.69, 9.17) is 9.72 Å². The Morgan fingerprint density at radius 2 is 1.79 bits per heavy atom. The first kappa shape index (κ1) is 27.6. The number of nitrogens with one attached hydrogen (secondary N) is 3. The van der Waals surface area contributed by atoms with Crippen molar-refractivity contribution >= 4 is 23.4 Å². The van der Waals surface area contributed by atoms with Crippen molar-refractivity contribution in [2.75, 3.05) is 30.3 Å². The van der Waals surface area contributed by atoms with Gasteiger partial charge in [-0.05, 0) is 55.2 Å². The molecule has 0 fully saturated rings. The summed E-state index contributed by atoms with van der Waals surface area (Å²) in [6, 6.07) is 13.3. The van der Waals surface area contributed by atoms with Crippen LogP contribution in [0.15, 0.2) is 55.0 Å². The second-order valence-corrected chi connectivity index (χ2v) is 10.3. The number of aryl methyl sites for hydroxylation is 1. The van der Waals surface area contributed by atoms with Gasteiger partial charge in [0.25, 0.3) is 5.91 Å². The van der Waals surface area contributed by atoms with E-state index in [1.165, 1.54) is 0 Å². The molecule has 39 heavy (non-hydrogen) atoms. The van der Waals surface area contributed by atoms with Gasteiger partial charge in [-0.3, -0.25) is 4.79 Å². The zero-order chi connectivity index (χ0) is 28.0. The van der Waals surface area contributed by atoms with Gasteiger partial charge in [0.1, 0.15) is 17.9 Å². The van der Waals surface area contributed by atoms with Gasteiger partial charge >= 0.3 is 0 Å². The van der Waals surface area contributed by atoms with Crippen molar-refractivity contribution in [1.82, 2.24) is 30.0 Å². The van der Waals surface area contributed by atoms with Crippen molar-refractivity contribution in [1.29, 1.82) is 0 Å². The first-order chi connectivity index (χ1) is 18.7. The third-order valence-electron chi connectivity index (χ3n) is 5.87. The Balaban J connectivity index is 1.66. The smallest absolute Gasteiger partial charge is 0.251 e. The molecular formula is C29H36N8O2. The van der Waals surface area contributed by atoms with Gasteiger partial charge in [-0.1, -0.05) is 32.9 Å². The van der Waals surface area contributed by atoms with Crippen LogP contribution < -0.4 is 20.7 Å². The van der Waals surface area contributed by atoms with Gasteiger partial charge in [0, 0.05) is 43.0 Å². The predicted molar refractivity (Wildman–Crippen MR) is 154 cm³/mol. The van der Waals surface area contributed by atoms with E-state index >= 15 is 0 Å². The van der Waals surface area contributed by atoms with Crippen molar-refractivity contribution in [3.8, 4) is 28.3 Å². The summed E-state index contributed by atoms with van der Waals surface area (Å²) < 4.78 is 7.78. The fraction of sp³-hybridized carbons (Fsp3) is 0.345. The molecule has 0 atom stereocenters. The molecule has 1 amide bonds. The van der Waals surface area contributed by atoms with E-state index < -0.39 is 0 Å². The molecule has 0 unspecified atom stereocenters. The highest BCUT2D eigenvalue weighted by Gasteiger charge is 2.17. The fourth-order valence-corrected chi connectivity index (χ4v) is 3.91. The Morgan fingerprint density at radius 3 is 2.44 bits per heavy atom. The minimum Gasteiger partial charge on any atom is -0.492 e. The zero-order valence-electron chi connectivity index (χ0n) is 23.4. The molecule has 3 N–H and O–H groups in total. The maximum Gasteiger partial charge on any atom is 0.251 e. The van der Waals surface area contributed by atoms with Crippen LogP contribution in [0.5, 0.6) is 5.75 Å². The molecule has 2 aromatic carbocycles. The van der Waals surface area contributed by atoms with Crippen LogP contribution in [-0.4, -0.2) is 50.3 Å². The quantitative estimate of drug-likeness (QED) is 0.254. The van der Waals surface area contributed by atoms with E-state index in [1.807, 2.05) is 67.9 Å². The second-order valence-electron chi connectivity index (χ2n) is 10.3. The number of nitrogens with zero attached hydrogens (tertiary/aromatic N) is 5. The number of benzene rings is 2. The SMILES string of the molecule is CCNC(=O)c1ccc(-c2cnc(Nc3ccc(-c4nncn4C)cc3OCC)nc2NCC(C)(C)C)cc1. The van der Waals surface area contributed by atoms with Crippen LogP contribution in [0, 0.1) is 5.41 Å². The number of amides is 1. The van der Waals surface area contributed by atoms with Crippen molar-refractivity contribution in [3.63, 3.8) is 0 Å². The molecule has 0 aliphatic carbocycles. The lowest BCUT2D eigenvalue weighted by Crippen LogP contribution is -2.22. The largest absolute Gasteiger partial charge is 0.492 e. The lowest BCUT2D eigenvalue weighted by atomic mass is 9.97. The third-order valence-corrected chi connectivity index (χ3v) is 5.87. The predicted octanol–water partition coefficient (Wildman–Crippen LogP) is 5.29. The normalized spacial score (nSPS) is 11.2. The fourth-order valence-electron chi connectivity index (χ4n) is 3.91. The molecule has 4 rings (SSSR count). The number of carbonyl (C=O) groups is 1. The molecule has 2 aromatic heterocycles. The van der Waals surface area contributed by atoms with Crippen LogP contribution in [0.2, 0.25) is 0 Å². The van der Waals surface area contributed by atoms with Gasteiger partial charge in [0.15, 0.2) is 5.82 Å². The molecule has 2 heterocycles. The summed E-state index contributed by atoms with van der Waals surface area (Å²) >= 11 is 0. The molecule has 0 saturated heterocycles. The van der Waals surface area contributed by atoms with Crippen LogP contribution in [-0.2, 0) is 7.05 Å². The van der Waals surface area contributed by atoms with Crippen LogP contribution >= 0.6 is 0 Å². The average molecular weight is 529 g/mol. The highest BCUT2D eigenvalue weighted by Crippen LogP contribution is 2.33. The Kier molecular flexibility index (Phi) is 8.43. The molecular weight excluding hydrogens is 492 g/mol. The minimum atomic E-state index is -0.0961. The molecule has 0 saturated carbocycles. The number of carbonyl (C=O) groups excluding carboxylic acids is 1. The van der Waals surface area contributed by atoms with Crippen molar-refractivity contribution in [2.45, 2.75) is 34.6 Å². The first-order valence-corrected chi connectivity index (χ1v) is 13.1. The van der Waals surface area contributed by atoms with E-state index in [9.17, 15) is 4.79 Å². The monoisotopic (exact) mass is 528 g/mol. The van der Waals surface area contributed by atoms with Crippen molar-refractivity contribution in [3.05, 3.63) is 60.6 Å². The Bertz CT molecular complexity index is 1420. The summed E-state index contributed by atoms with van der Waals surface area (Å²) in [4.78, 5) is 21.6. The molecule has 10 heteroatoms. The van der Waals surface area contributed by atoms with E-state index in [0.717, 1.165) is 28.2 Å². The Morgan fingerprint density at radius 1 is 1.05 bits per heavy atom. The maximum absolute atomic E-state index is 12.2.